The summed E-state index contributed by atoms with van der Waals surface area (Å²) in [6, 6.07) is 1.49. The van der Waals surface area contributed by atoms with Crippen LogP contribution < -0.4 is 0 Å². The average Bonchev–Trinajstić information content (AvgIpc) is 2.16. The van der Waals surface area contributed by atoms with Crippen molar-refractivity contribution < 1.29 is 18.9 Å². The van der Waals surface area contributed by atoms with Gasteiger partial charge in [-0.1, -0.05) is 0 Å². The van der Waals surface area contributed by atoms with Gasteiger partial charge >= 0.3 is 0 Å². The first kappa shape index (κ1) is 11.0. The van der Waals surface area contributed by atoms with E-state index in [9.17, 15) is 24.1 Å². The second kappa shape index (κ2) is 3.95. The van der Waals surface area contributed by atoms with E-state index >= 15 is 0 Å². The van der Waals surface area contributed by atoms with Gasteiger partial charge in [-0.25, -0.2) is 4.39 Å². The fourth-order valence-corrected chi connectivity index (χ4v) is 1.12. The predicted molar refractivity (Wildman–Crippen MR) is 48.4 cm³/mol. The van der Waals surface area contributed by atoms with Crippen molar-refractivity contribution >= 4 is 17.8 Å². The van der Waals surface area contributed by atoms with Gasteiger partial charge < -0.3 is 0 Å². The number of nitrogens with zero attached hydrogens (tertiary/aromatic N) is 1. The zero-order chi connectivity index (χ0) is 11.6. The lowest BCUT2D eigenvalue weighted by Crippen LogP contribution is -2.03. The molecule has 0 aliphatic carbocycles. The summed E-state index contributed by atoms with van der Waals surface area (Å²) in [5.41, 5.74) is -1.28. The van der Waals surface area contributed by atoms with Crippen molar-refractivity contribution in [3.8, 4) is 0 Å². The lowest BCUT2D eigenvalue weighted by molar-refractivity contribution is -0.385. The van der Waals surface area contributed by atoms with Gasteiger partial charge in [0.15, 0.2) is 12.1 Å². The van der Waals surface area contributed by atoms with Crippen molar-refractivity contribution in [1.29, 1.82) is 0 Å². The number of carbonyl (C=O) groups is 2. The van der Waals surface area contributed by atoms with E-state index in [0.717, 1.165) is 13.0 Å². The number of ketones is 1. The third-order valence-electron chi connectivity index (χ3n) is 1.82. The van der Waals surface area contributed by atoms with E-state index < -0.39 is 27.8 Å². The number of aldehydes is 1. The highest BCUT2D eigenvalue weighted by Crippen LogP contribution is 2.20. The molecule has 15 heavy (non-hydrogen) atoms. The summed E-state index contributed by atoms with van der Waals surface area (Å²) in [4.78, 5) is 31.0. The maximum Gasteiger partial charge on any atom is 0.273 e. The standard InChI is InChI=1S/C9H6FNO4/c1-5(13)7-2-6(11(14)15)3-9(10)8(7)4-12/h2-4H,1H3. The van der Waals surface area contributed by atoms with Gasteiger partial charge in [-0.05, 0) is 6.92 Å². The molecule has 0 atom stereocenters. The molecule has 6 heteroatoms. The first-order valence-electron chi connectivity index (χ1n) is 3.91. The van der Waals surface area contributed by atoms with Gasteiger partial charge in [0.25, 0.3) is 5.69 Å². The monoisotopic (exact) mass is 211 g/mol. The van der Waals surface area contributed by atoms with Crippen LogP contribution in [-0.2, 0) is 0 Å². The van der Waals surface area contributed by atoms with Gasteiger partial charge in [0.1, 0.15) is 5.82 Å². The van der Waals surface area contributed by atoms with Gasteiger partial charge in [0, 0.05) is 11.6 Å². The third-order valence-corrected chi connectivity index (χ3v) is 1.82. The summed E-state index contributed by atoms with van der Waals surface area (Å²) in [7, 11) is 0. The zero-order valence-electron chi connectivity index (χ0n) is 7.69. The minimum absolute atomic E-state index is 0.162. The van der Waals surface area contributed by atoms with Crippen molar-refractivity contribution in [2.75, 3.05) is 0 Å². The average molecular weight is 211 g/mol. The highest BCUT2D eigenvalue weighted by atomic mass is 19.1. The lowest BCUT2D eigenvalue weighted by atomic mass is 10.0. The molecular weight excluding hydrogens is 205 g/mol. The largest absolute Gasteiger partial charge is 0.298 e. The van der Waals surface area contributed by atoms with Gasteiger partial charge in [0.05, 0.1) is 16.6 Å². The third kappa shape index (κ3) is 2.04. The summed E-state index contributed by atoms with van der Waals surface area (Å²) in [5, 5.41) is 10.4. The molecule has 0 radical (unpaired) electrons. The molecular formula is C9H6FNO4. The fraction of sp³-hybridized carbons (Fsp3) is 0.111. The molecule has 0 fully saturated rings. The number of Topliss-reactive ketones (excluding diaryl/α,β-unsaturated/α-hetero) is 1. The molecule has 0 heterocycles. The fourth-order valence-electron chi connectivity index (χ4n) is 1.12. The Morgan fingerprint density at radius 1 is 1.53 bits per heavy atom. The van der Waals surface area contributed by atoms with Crippen LogP contribution in [-0.4, -0.2) is 17.0 Å². The molecule has 5 nitrogen and oxygen atoms in total. The molecule has 78 valence electrons. The molecule has 1 rings (SSSR count). The van der Waals surface area contributed by atoms with Crippen LogP contribution in [0.2, 0.25) is 0 Å². The molecule has 0 aliphatic heterocycles. The summed E-state index contributed by atoms with van der Waals surface area (Å²) < 4.78 is 13.1. The molecule has 0 bridgehead atoms. The number of hydrogen-bond acceptors (Lipinski definition) is 4. The Morgan fingerprint density at radius 2 is 2.13 bits per heavy atom. The Morgan fingerprint density at radius 3 is 2.53 bits per heavy atom. The highest BCUT2D eigenvalue weighted by molar-refractivity contribution is 6.02. The molecule has 0 N–H and O–H groups in total. The number of nitro groups is 1. The minimum Gasteiger partial charge on any atom is -0.298 e. The maximum absolute atomic E-state index is 13.1. The molecule has 1 aromatic rings. The summed E-state index contributed by atoms with van der Waals surface area (Å²) in [6.07, 6.45) is 0.162. The topological polar surface area (TPSA) is 77.3 Å². The van der Waals surface area contributed by atoms with E-state index in [1.54, 1.807) is 0 Å². The smallest absolute Gasteiger partial charge is 0.273 e. The minimum atomic E-state index is -1.07. The number of benzene rings is 1. The lowest BCUT2D eigenvalue weighted by Gasteiger charge is -2.01. The molecule has 0 saturated heterocycles. The second-order valence-corrected chi connectivity index (χ2v) is 2.82. The van der Waals surface area contributed by atoms with Crippen molar-refractivity contribution in [2.45, 2.75) is 6.92 Å². The Balaban J connectivity index is 3.52. The van der Waals surface area contributed by atoms with Crippen molar-refractivity contribution in [3.05, 3.63) is 39.2 Å². The molecule has 0 amide bonds. The van der Waals surface area contributed by atoms with Gasteiger partial charge in [-0.2, -0.15) is 0 Å². The summed E-state index contributed by atoms with van der Waals surface area (Å²) in [5.74, 6) is -1.66. The number of carbonyl (C=O) groups excluding carboxylic acids is 2. The second-order valence-electron chi connectivity index (χ2n) is 2.82. The van der Waals surface area contributed by atoms with Crippen molar-refractivity contribution in [2.24, 2.45) is 0 Å². The maximum atomic E-state index is 13.1. The van der Waals surface area contributed by atoms with E-state index in [0.29, 0.717) is 6.07 Å². The first-order chi connectivity index (χ1) is 6.97. The first-order valence-corrected chi connectivity index (χ1v) is 3.91. The Labute approximate surface area is 83.7 Å². The van der Waals surface area contributed by atoms with Gasteiger partial charge in [-0.15, -0.1) is 0 Å². The molecule has 1 aromatic carbocycles. The number of nitro benzene ring substituents is 1. The van der Waals surface area contributed by atoms with E-state index in [4.69, 9.17) is 0 Å². The van der Waals surface area contributed by atoms with Crippen molar-refractivity contribution in [1.82, 2.24) is 0 Å². The van der Waals surface area contributed by atoms with Crippen LogP contribution >= 0.6 is 0 Å². The van der Waals surface area contributed by atoms with Crippen LogP contribution in [0, 0.1) is 15.9 Å². The van der Waals surface area contributed by atoms with Crippen LogP contribution in [0.25, 0.3) is 0 Å². The highest BCUT2D eigenvalue weighted by Gasteiger charge is 2.18. The SMILES string of the molecule is CC(=O)c1cc([N+](=O)[O-])cc(F)c1C=O. The van der Waals surface area contributed by atoms with Crippen LogP contribution in [0.4, 0.5) is 10.1 Å². The quantitative estimate of drug-likeness (QED) is 0.330. The Bertz CT molecular complexity index is 456. The van der Waals surface area contributed by atoms with Crippen molar-refractivity contribution in [3.63, 3.8) is 0 Å². The van der Waals surface area contributed by atoms with E-state index in [2.05, 4.69) is 0 Å². The number of hydrogen-bond donors (Lipinski definition) is 0. The van der Waals surface area contributed by atoms with Crippen LogP contribution in [0.1, 0.15) is 27.6 Å². The molecule has 0 aromatic heterocycles. The van der Waals surface area contributed by atoms with Crippen LogP contribution in [0.3, 0.4) is 0 Å². The van der Waals surface area contributed by atoms with E-state index in [-0.39, 0.29) is 11.8 Å². The Kier molecular flexibility index (Phi) is 2.89. The molecule has 0 spiro atoms. The van der Waals surface area contributed by atoms with E-state index in [1.165, 1.54) is 0 Å². The van der Waals surface area contributed by atoms with Gasteiger partial charge in [0.2, 0.25) is 0 Å². The number of non-ortho nitro benzene ring substituents is 1. The summed E-state index contributed by atoms with van der Waals surface area (Å²) >= 11 is 0. The molecule has 0 saturated carbocycles. The normalized spacial score (nSPS) is 9.73. The summed E-state index contributed by atoms with van der Waals surface area (Å²) in [6.45, 7) is 1.10. The zero-order valence-corrected chi connectivity index (χ0v) is 7.69. The van der Waals surface area contributed by atoms with Crippen LogP contribution in [0.5, 0.6) is 0 Å². The number of rotatable bonds is 3. The van der Waals surface area contributed by atoms with Crippen LogP contribution in [0.15, 0.2) is 12.1 Å². The van der Waals surface area contributed by atoms with E-state index in [1.807, 2.05) is 0 Å². The Hall–Kier alpha value is -2.11. The predicted octanol–water partition coefficient (Wildman–Crippen LogP) is 1.75. The molecule has 0 unspecified atom stereocenters. The van der Waals surface area contributed by atoms with Gasteiger partial charge in [-0.3, -0.25) is 19.7 Å². The molecule has 0 aliphatic rings. The number of halogens is 1.